The number of nitrogens with two attached hydrogens (primary N) is 1. The lowest BCUT2D eigenvalue weighted by molar-refractivity contribution is -0.274. The number of piperidine rings is 1. The number of ether oxygens (including phenoxy) is 2. The number of pyridine rings is 1. The number of nitrogens with one attached hydrogen (secondary N) is 1. The number of halogens is 7. The van der Waals surface area contributed by atoms with Crippen molar-refractivity contribution in [1.82, 2.24) is 19.9 Å². The highest BCUT2D eigenvalue weighted by Gasteiger charge is 2.36. The van der Waals surface area contributed by atoms with Gasteiger partial charge in [-0.25, -0.2) is 14.4 Å². The van der Waals surface area contributed by atoms with Crippen LogP contribution >= 0.6 is 0 Å². The Balaban J connectivity index is 1.38. The average Bonchev–Trinajstić information content (AvgIpc) is 3.37. The molecule has 4 rings (SSSR count). The van der Waals surface area contributed by atoms with Gasteiger partial charge in [0.1, 0.15) is 17.4 Å². The van der Waals surface area contributed by atoms with E-state index in [1.54, 1.807) is 0 Å². The lowest BCUT2D eigenvalue weighted by atomic mass is 10.0. The van der Waals surface area contributed by atoms with Gasteiger partial charge in [0.2, 0.25) is 17.6 Å². The predicted molar refractivity (Wildman–Crippen MR) is 123 cm³/mol. The third-order valence-electron chi connectivity index (χ3n) is 5.88. The van der Waals surface area contributed by atoms with Gasteiger partial charge in [-0.1, -0.05) is 12.1 Å². The van der Waals surface area contributed by atoms with Gasteiger partial charge in [0.05, 0.1) is 24.9 Å². The quantitative estimate of drug-likeness (QED) is 0.410. The number of benzene rings is 1. The van der Waals surface area contributed by atoms with E-state index in [1.165, 1.54) is 17.0 Å². The number of nitrogens with zero attached hydrogens (tertiary/aromatic N) is 3. The lowest BCUT2D eigenvalue weighted by Gasteiger charge is -2.34. The molecule has 0 radical (unpaired) electrons. The number of hydrogen-bond acceptors (Lipinski definition) is 6. The van der Waals surface area contributed by atoms with E-state index in [-0.39, 0.29) is 48.6 Å². The average molecular weight is 575 g/mol. The molecule has 214 valence electrons. The number of primary amides is 1. The third-order valence-corrected chi connectivity index (χ3v) is 5.88. The van der Waals surface area contributed by atoms with Crippen molar-refractivity contribution < 1.29 is 49.8 Å². The maximum atomic E-state index is 15.0. The molecular formula is C24H20F7N5O4. The topological polar surface area (TPSA) is 123 Å². The van der Waals surface area contributed by atoms with E-state index in [0.717, 1.165) is 30.6 Å². The molecule has 9 nitrogen and oxygen atoms in total. The molecule has 1 aromatic carbocycles. The molecule has 1 aliphatic heterocycles. The fourth-order valence-corrected chi connectivity index (χ4v) is 3.96. The molecule has 0 aliphatic carbocycles. The first kappa shape index (κ1) is 28.6. The van der Waals surface area contributed by atoms with Gasteiger partial charge in [-0.15, -0.1) is 13.2 Å². The van der Waals surface area contributed by atoms with E-state index in [2.05, 4.69) is 19.7 Å². The summed E-state index contributed by atoms with van der Waals surface area (Å²) in [5.41, 5.74) is 5.43. The highest BCUT2D eigenvalue weighted by Crippen LogP contribution is 2.31. The number of likely N-dealkylation sites (tertiary alicyclic amines) is 1. The van der Waals surface area contributed by atoms with Crippen molar-refractivity contribution in [3.05, 3.63) is 59.7 Å². The lowest BCUT2D eigenvalue weighted by Crippen LogP contribution is -2.49. The van der Waals surface area contributed by atoms with Gasteiger partial charge in [0.15, 0.2) is 6.17 Å². The molecule has 2 amide bonds. The monoisotopic (exact) mass is 575 g/mol. The number of hydrogen-bond donors (Lipinski definition) is 2. The summed E-state index contributed by atoms with van der Waals surface area (Å²) in [5, 5.41) is 0. The Kier molecular flexibility index (Phi) is 7.88. The summed E-state index contributed by atoms with van der Waals surface area (Å²) >= 11 is 0. The summed E-state index contributed by atoms with van der Waals surface area (Å²) in [5.74, 6) is -3.52. The molecule has 1 saturated heterocycles. The molecule has 0 spiro atoms. The van der Waals surface area contributed by atoms with Crippen LogP contribution in [0.2, 0.25) is 0 Å². The highest BCUT2D eigenvalue weighted by atomic mass is 19.4. The Hall–Kier alpha value is -4.37. The van der Waals surface area contributed by atoms with Crippen LogP contribution in [0.1, 0.15) is 28.2 Å². The normalized spacial score (nSPS) is 17.9. The minimum atomic E-state index is -4.85. The number of amides is 2. The van der Waals surface area contributed by atoms with Crippen LogP contribution in [0.3, 0.4) is 0 Å². The molecule has 1 fully saturated rings. The zero-order valence-corrected chi connectivity index (χ0v) is 20.2. The van der Waals surface area contributed by atoms with Crippen LogP contribution in [-0.4, -0.2) is 63.4 Å². The fourth-order valence-electron chi connectivity index (χ4n) is 3.96. The van der Waals surface area contributed by atoms with Crippen molar-refractivity contribution in [2.45, 2.75) is 37.7 Å². The Morgan fingerprint density at radius 1 is 1.07 bits per heavy atom. The van der Waals surface area contributed by atoms with Crippen LogP contribution in [0, 0.1) is 0 Å². The third kappa shape index (κ3) is 6.98. The second kappa shape index (κ2) is 11.0. The van der Waals surface area contributed by atoms with E-state index >= 15 is 0 Å². The van der Waals surface area contributed by atoms with E-state index in [9.17, 15) is 40.3 Å². The minimum absolute atomic E-state index is 0.00237. The molecule has 2 atom stereocenters. The first-order valence-corrected chi connectivity index (χ1v) is 11.5. The number of H-pyrrole nitrogens is 1. The summed E-state index contributed by atoms with van der Waals surface area (Å²) < 4.78 is 99.7. The Bertz CT molecular complexity index is 1380. The summed E-state index contributed by atoms with van der Waals surface area (Å²) in [6.07, 6.45) is -10.6. The van der Waals surface area contributed by atoms with Gasteiger partial charge in [0.25, 0.3) is 5.91 Å². The molecule has 0 bridgehead atoms. The molecular weight excluding hydrogens is 555 g/mol. The van der Waals surface area contributed by atoms with E-state index in [4.69, 9.17) is 10.5 Å². The number of alkyl halides is 7. The van der Waals surface area contributed by atoms with Crippen molar-refractivity contribution in [2.24, 2.45) is 5.73 Å². The smallest absolute Gasteiger partial charge is 0.471 e. The summed E-state index contributed by atoms with van der Waals surface area (Å²) in [7, 11) is 0. The van der Waals surface area contributed by atoms with Gasteiger partial charge < -0.3 is 25.1 Å². The van der Waals surface area contributed by atoms with Crippen LogP contribution in [0.15, 0.2) is 42.7 Å². The first-order chi connectivity index (χ1) is 18.7. The van der Waals surface area contributed by atoms with Gasteiger partial charge in [-0.05, 0) is 23.8 Å². The maximum Gasteiger partial charge on any atom is 0.573 e. The van der Waals surface area contributed by atoms with E-state index in [0.29, 0.717) is 5.56 Å². The van der Waals surface area contributed by atoms with Gasteiger partial charge >= 0.3 is 12.5 Å². The second-order valence-electron chi connectivity index (χ2n) is 8.75. The van der Waals surface area contributed by atoms with E-state index < -0.39 is 48.2 Å². The van der Waals surface area contributed by atoms with Crippen LogP contribution in [0.5, 0.6) is 11.6 Å². The first-order valence-electron chi connectivity index (χ1n) is 11.5. The molecule has 40 heavy (non-hydrogen) atoms. The molecule has 3 heterocycles. The fraction of sp³-hybridized carbons (Fsp3) is 0.333. The number of carbonyl (C=O) groups excluding carboxylic acids is 2. The van der Waals surface area contributed by atoms with Gasteiger partial charge in [-0.3, -0.25) is 9.59 Å². The van der Waals surface area contributed by atoms with Crippen molar-refractivity contribution in [1.29, 1.82) is 0 Å². The molecule has 0 saturated carbocycles. The van der Waals surface area contributed by atoms with Crippen molar-refractivity contribution >= 4 is 11.8 Å². The van der Waals surface area contributed by atoms with Crippen LogP contribution in [-0.2, 0) is 17.4 Å². The van der Waals surface area contributed by atoms with Gasteiger partial charge in [0, 0.05) is 24.7 Å². The number of rotatable bonds is 7. The number of aromatic amines is 1. The Labute approximate surface area is 221 Å². The highest BCUT2D eigenvalue weighted by molar-refractivity contribution is 5.96. The Morgan fingerprint density at radius 2 is 1.77 bits per heavy atom. The van der Waals surface area contributed by atoms with E-state index in [1.807, 2.05) is 0 Å². The standard InChI is InChI=1S/C24H20F7N5O4/c25-16-11-36(19(37)7-12-1-3-14(4-2-12)40-24(29,30)31)6-5-18(16)39-21-15(20(32)38)8-13(9-33-21)17-10-34-22(35-17)23(26,27)28/h1-4,8-10,16,18H,5-7,11H2,(H2,32,38)(H,34,35). The summed E-state index contributed by atoms with van der Waals surface area (Å²) in [6.45, 7) is -0.297. The zero-order chi connectivity index (χ0) is 29.2. The minimum Gasteiger partial charge on any atom is -0.471 e. The van der Waals surface area contributed by atoms with Gasteiger partial charge in [-0.2, -0.15) is 13.2 Å². The SMILES string of the molecule is NC(=O)c1cc(-c2cnc(C(F)(F)F)[nH]2)cnc1OC1CCN(C(=O)Cc2ccc(OC(F)(F)F)cc2)CC1F. The van der Waals surface area contributed by atoms with Crippen molar-refractivity contribution in [3.8, 4) is 22.9 Å². The Morgan fingerprint density at radius 3 is 2.35 bits per heavy atom. The van der Waals surface area contributed by atoms with Crippen molar-refractivity contribution in [2.75, 3.05) is 13.1 Å². The van der Waals surface area contributed by atoms with Crippen LogP contribution in [0.25, 0.3) is 11.3 Å². The van der Waals surface area contributed by atoms with Crippen LogP contribution in [0.4, 0.5) is 30.7 Å². The molecule has 1 aliphatic rings. The summed E-state index contributed by atoms with van der Waals surface area (Å²) in [6, 6.07) is 5.83. The number of aromatic nitrogens is 3. The molecule has 3 N–H and O–H groups in total. The summed E-state index contributed by atoms with van der Waals surface area (Å²) in [4.78, 5) is 35.1. The molecule has 3 aromatic rings. The second-order valence-corrected chi connectivity index (χ2v) is 8.75. The predicted octanol–water partition coefficient (Wildman–Crippen LogP) is 4.05. The molecule has 2 aromatic heterocycles. The number of carbonyl (C=O) groups is 2. The molecule has 2 unspecified atom stereocenters. The largest absolute Gasteiger partial charge is 0.573 e. The van der Waals surface area contributed by atoms with Crippen molar-refractivity contribution in [3.63, 3.8) is 0 Å². The molecule has 16 heteroatoms. The maximum absolute atomic E-state index is 15.0. The van der Waals surface area contributed by atoms with Crippen LogP contribution < -0.4 is 15.2 Å². The zero-order valence-electron chi connectivity index (χ0n) is 20.2. The number of imidazole rings is 1.